The van der Waals surface area contributed by atoms with Crippen LogP contribution in [0.4, 0.5) is 33.1 Å². The van der Waals surface area contributed by atoms with Gasteiger partial charge < -0.3 is 20.1 Å². The maximum atomic E-state index is 13.1. The molecular formula is C20H16FN5O6. The molecule has 1 aromatic heterocycles. The van der Waals surface area contributed by atoms with Crippen molar-refractivity contribution in [3.63, 3.8) is 0 Å². The highest BCUT2D eigenvalue weighted by atomic mass is 19.1. The lowest BCUT2D eigenvalue weighted by atomic mass is 10.1. The highest BCUT2D eigenvalue weighted by Gasteiger charge is 2.24. The molecule has 2 N–H and O–H groups in total. The van der Waals surface area contributed by atoms with Crippen LogP contribution in [0.1, 0.15) is 20.7 Å². The quantitative estimate of drug-likeness (QED) is 0.317. The number of hydrogen-bond acceptors (Lipinski definition) is 10. The highest BCUT2D eigenvalue weighted by Crippen LogP contribution is 2.33. The van der Waals surface area contributed by atoms with E-state index in [1.54, 1.807) is 0 Å². The van der Waals surface area contributed by atoms with Crippen LogP contribution in [-0.2, 0) is 9.47 Å². The average Bonchev–Trinajstić information content (AvgIpc) is 2.79. The van der Waals surface area contributed by atoms with Crippen LogP contribution in [0.15, 0.2) is 48.8 Å². The number of carbonyl (C=O) groups excluding carboxylic acids is 2. The van der Waals surface area contributed by atoms with Crippen LogP contribution in [0, 0.1) is 15.9 Å². The predicted molar refractivity (Wildman–Crippen MR) is 111 cm³/mol. The third-order valence-electron chi connectivity index (χ3n) is 4.15. The summed E-state index contributed by atoms with van der Waals surface area (Å²) in [5, 5.41) is 17.2. The predicted octanol–water partition coefficient (Wildman–Crippen LogP) is 3.58. The maximum Gasteiger partial charge on any atom is 0.353 e. The number of esters is 2. The molecule has 0 aliphatic rings. The maximum absolute atomic E-state index is 13.1. The molecule has 1 heterocycles. The number of carbonyl (C=O) groups is 2. The Labute approximate surface area is 180 Å². The third kappa shape index (κ3) is 4.92. The van der Waals surface area contributed by atoms with E-state index in [0.29, 0.717) is 5.69 Å². The monoisotopic (exact) mass is 441 g/mol. The van der Waals surface area contributed by atoms with Gasteiger partial charge in [0.25, 0.3) is 0 Å². The summed E-state index contributed by atoms with van der Waals surface area (Å²) in [6.45, 7) is 0. The van der Waals surface area contributed by atoms with Crippen molar-refractivity contribution in [3.8, 4) is 0 Å². The van der Waals surface area contributed by atoms with Crippen LogP contribution in [0.2, 0.25) is 0 Å². The molecule has 11 nitrogen and oxygen atoms in total. The topological polar surface area (TPSA) is 146 Å². The molecule has 12 heteroatoms. The number of nitrogens with one attached hydrogen (secondary N) is 2. The number of nitro groups is 1. The Balaban J connectivity index is 2.03. The second-order valence-corrected chi connectivity index (χ2v) is 6.22. The molecule has 0 amide bonds. The van der Waals surface area contributed by atoms with Crippen molar-refractivity contribution in [3.05, 3.63) is 75.9 Å². The van der Waals surface area contributed by atoms with Gasteiger partial charge in [-0.1, -0.05) is 0 Å². The minimum atomic E-state index is -0.727. The molecule has 0 saturated heterocycles. The summed E-state index contributed by atoms with van der Waals surface area (Å²) >= 11 is 0. The first-order chi connectivity index (χ1) is 15.3. The fourth-order valence-corrected chi connectivity index (χ4v) is 2.71. The number of hydrogen-bond donors (Lipinski definition) is 2. The van der Waals surface area contributed by atoms with Gasteiger partial charge in [0.1, 0.15) is 12.1 Å². The second kappa shape index (κ2) is 9.47. The molecule has 32 heavy (non-hydrogen) atoms. The molecular weight excluding hydrogens is 425 g/mol. The smallest absolute Gasteiger partial charge is 0.353 e. The van der Waals surface area contributed by atoms with E-state index >= 15 is 0 Å². The normalized spacial score (nSPS) is 10.2. The Morgan fingerprint density at radius 2 is 1.41 bits per heavy atom. The number of methoxy groups -OCH3 is 2. The van der Waals surface area contributed by atoms with Gasteiger partial charge in [-0.3, -0.25) is 10.1 Å². The van der Waals surface area contributed by atoms with Crippen LogP contribution in [-0.4, -0.2) is 41.0 Å². The van der Waals surface area contributed by atoms with E-state index in [-0.39, 0.29) is 28.5 Å². The van der Waals surface area contributed by atoms with Crippen molar-refractivity contribution in [2.45, 2.75) is 0 Å². The average molecular weight is 441 g/mol. The minimum absolute atomic E-state index is 0.0132. The zero-order chi connectivity index (χ0) is 23.3. The van der Waals surface area contributed by atoms with Gasteiger partial charge in [-0.2, -0.15) is 0 Å². The molecule has 2 aromatic carbocycles. The number of halogens is 1. The van der Waals surface area contributed by atoms with E-state index in [1.165, 1.54) is 56.7 Å². The van der Waals surface area contributed by atoms with E-state index in [2.05, 4.69) is 30.1 Å². The van der Waals surface area contributed by atoms with Crippen LogP contribution in [0.3, 0.4) is 0 Å². The lowest BCUT2D eigenvalue weighted by molar-refractivity contribution is -0.383. The first-order valence-corrected chi connectivity index (χ1v) is 8.93. The van der Waals surface area contributed by atoms with Crippen molar-refractivity contribution in [2.24, 2.45) is 0 Å². The molecule has 3 rings (SSSR count). The van der Waals surface area contributed by atoms with Gasteiger partial charge in [0, 0.05) is 11.4 Å². The van der Waals surface area contributed by atoms with Crippen molar-refractivity contribution >= 4 is 40.6 Å². The number of benzene rings is 2. The van der Waals surface area contributed by atoms with Crippen LogP contribution < -0.4 is 10.6 Å². The summed E-state index contributed by atoms with van der Waals surface area (Å²) in [6, 6.07) is 9.06. The SMILES string of the molecule is COC(=O)c1cc(Nc2ncnc(Nc3ccc(F)cc3)c2[N+](=O)[O-])cc(C(=O)OC)c1. The fraction of sp³-hybridized carbons (Fsp3) is 0.100. The molecule has 0 unspecified atom stereocenters. The summed E-state index contributed by atoms with van der Waals surface area (Å²) < 4.78 is 22.5. The Bertz CT molecular complexity index is 1150. The van der Waals surface area contributed by atoms with E-state index < -0.39 is 28.4 Å². The van der Waals surface area contributed by atoms with Gasteiger partial charge in [-0.15, -0.1) is 0 Å². The summed E-state index contributed by atoms with van der Waals surface area (Å²) in [5.41, 5.74) is 0.0149. The number of aromatic nitrogens is 2. The van der Waals surface area contributed by atoms with Crippen LogP contribution in [0.5, 0.6) is 0 Å². The molecule has 0 fully saturated rings. The lowest BCUT2D eigenvalue weighted by Gasteiger charge is -2.12. The van der Waals surface area contributed by atoms with Crippen LogP contribution >= 0.6 is 0 Å². The van der Waals surface area contributed by atoms with Crippen molar-refractivity contribution in [1.29, 1.82) is 0 Å². The summed E-state index contributed by atoms with van der Waals surface area (Å²) in [4.78, 5) is 42.8. The molecule has 0 aliphatic heterocycles. The number of nitrogens with zero attached hydrogens (tertiary/aromatic N) is 3. The summed E-state index contributed by atoms with van der Waals surface area (Å²) in [6.07, 6.45) is 1.08. The fourth-order valence-electron chi connectivity index (χ4n) is 2.71. The molecule has 0 saturated carbocycles. The van der Waals surface area contributed by atoms with Gasteiger partial charge in [0.2, 0.25) is 11.6 Å². The van der Waals surface area contributed by atoms with Gasteiger partial charge in [0.15, 0.2) is 0 Å². The van der Waals surface area contributed by atoms with Crippen LogP contribution in [0.25, 0.3) is 0 Å². The zero-order valence-corrected chi connectivity index (χ0v) is 16.8. The minimum Gasteiger partial charge on any atom is -0.465 e. The van der Waals surface area contributed by atoms with E-state index in [9.17, 15) is 24.1 Å². The van der Waals surface area contributed by atoms with Crippen molar-refractivity contribution in [1.82, 2.24) is 9.97 Å². The van der Waals surface area contributed by atoms with Crippen molar-refractivity contribution in [2.75, 3.05) is 24.9 Å². The lowest BCUT2D eigenvalue weighted by Crippen LogP contribution is -2.09. The first-order valence-electron chi connectivity index (χ1n) is 8.93. The van der Waals surface area contributed by atoms with E-state index in [1.807, 2.05) is 0 Å². The molecule has 164 valence electrons. The molecule has 0 aliphatic carbocycles. The Kier molecular flexibility index (Phi) is 6.53. The Hall–Kier alpha value is -4.61. The summed E-state index contributed by atoms with van der Waals surface area (Å²) in [7, 11) is 2.34. The van der Waals surface area contributed by atoms with Gasteiger partial charge in [-0.05, 0) is 42.5 Å². The number of rotatable bonds is 7. The Morgan fingerprint density at radius 3 is 1.88 bits per heavy atom. The molecule has 0 atom stereocenters. The highest BCUT2D eigenvalue weighted by molar-refractivity contribution is 5.97. The van der Waals surface area contributed by atoms with E-state index in [0.717, 1.165) is 6.33 Å². The first kappa shape index (κ1) is 22.1. The molecule has 3 aromatic rings. The Morgan fingerprint density at radius 1 is 0.906 bits per heavy atom. The number of ether oxygens (including phenoxy) is 2. The molecule has 0 spiro atoms. The van der Waals surface area contributed by atoms with E-state index in [4.69, 9.17) is 0 Å². The second-order valence-electron chi connectivity index (χ2n) is 6.22. The van der Waals surface area contributed by atoms with Crippen molar-refractivity contribution < 1.29 is 28.4 Å². The standard InChI is InChI=1S/C20H16FN5O6/c1-31-19(27)11-7-12(20(28)32-2)9-15(8-11)25-18-16(26(29)30)17(22-10-23-18)24-14-5-3-13(21)4-6-14/h3-10H,1-2H3,(H2,22,23,24,25). The molecule has 0 radical (unpaired) electrons. The third-order valence-corrected chi connectivity index (χ3v) is 4.15. The van der Waals surface area contributed by atoms with Gasteiger partial charge in [0.05, 0.1) is 30.3 Å². The summed E-state index contributed by atoms with van der Waals surface area (Å²) in [5.74, 6) is -2.30. The largest absolute Gasteiger partial charge is 0.465 e. The molecule has 0 bridgehead atoms. The van der Waals surface area contributed by atoms with Gasteiger partial charge >= 0.3 is 17.6 Å². The number of anilines is 4. The zero-order valence-electron chi connectivity index (χ0n) is 16.8. The van der Waals surface area contributed by atoms with Gasteiger partial charge in [-0.25, -0.2) is 23.9 Å².